The molecule has 2 amide bonds. The molecule has 6 N–H and O–H groups in total. The minimum absolute atomic E-state index is 0.387. The van der Waals surface area contributed by atoms with Gasteiger partial charge < -0.3 is 0 Å². The van der Waals surface area contributed by atoms with Gasteiger partial charge in [0.15, 0.2) is 0 Å². The molecule has 0 heterocycles. The van der Waals surface area contributed by atoms with Crippen LogP contribution in [0.1, 0.15) is 31.8 Å². The smallest absolute Gasteiger partial charge is 0.290 e. The van der Waals surface area contributed by atoms with Gasteiger partial charge in [-0.25, -0.2) is 11.7 Å². The second-order valence-electron chi connectivity index (χ2n) is 5.46. The Hall–Kier alpha value is -3.12. The monoisotopic (exact) mass is 406 g/mol. The van der Waals surface area contributed by atoms with Crippen LogP contribution < -0.4 is 22.5 Å². The van der Waals surface area contributed by atoms with E-state index in [9.17, 15) is 35.9 Å². The highest BCUT2D eigenvalue weighted by Crippen LogP contribution is 2.43. The van der Waals surface area contributed by atoms with E-state index in [1.807, 2.05) is 0 Å². The third kappa shape index (κ3) is 4.23. The molecular formula is C16H12F6N4O2. The van der Waals surface area contributed by atoms with Gasteiger partial charge >= 0.3 is 12.4 Å². The highest BCUT2D eigenvalue weighted by molar-refractivity contribution is 5.96. The first-order chi connectivity index (χ1) is 12.9. The summed E-state index contributed by atoms with van der Waals surface area (Å²) in [5, 5.41) is 0. The number of benzene rings is 2. The number of nitrogens with one attached hydrogen (secondary N) is 2. The summed E-state index contributed by atoms with van der Waals surface area (Å²) in [6, 6.07) is 4.01. The summed E-state index contributed by atoms with van der Waals surface area (Å²) in [7, 11) is 0. The maximum Gasteiger partial charge on any atom is 0.417 e. The molecule has 0 aliphatic carbocycles. The van der Waals surface area contributed by atoms with E-state index in [0.29, 0.717) is 12.1 Å². The quantitative estimate of drug-likeness (QED) is 0.272. The van der Waals surface area contributed by atoms with E-state index in [1.165, 1.54) is 0 Å². The normalized spacial score (nSPS) is 11.9. The number of hydrazine groups is 2. The Morgan fingerprint density at radius 1 is 0.679 bits per heavy atom. The topological polar surface area (TPSA) is 110 Å². The summed E-state index contributed by atoms with van der Waals surface area (Å²) in [5.41, 5.74) is -2.32. The van der Waals surface area contributed by atoms with Gasteiger partial charge in [-0.15, -0.1) is 0 Å². The van der Waals surface area contributed by atoms with E-state index in [2.05, 4.69) is 0 Å². The number of nitrogen functional groups attached to an aromatic ring is 2. The molecule has 150 valence electrons. The molecule has 0 fully saturated rings. The van der Waals surface area contributed by atoms with Crippen molar-refractivity contribution in [1.29, 1.82) is 0 Å². The van der Waals surface area contributed by atoms with E-state index in [-0.39, 0.29) is 0 Å². The van der Waals surface area contributed by atoms with E-state index in [0.717, 1.165) is 24.3 Å². The van der Waals surface area contributed by atoms with Crippen LogP contribution in [0.2, 0.25) is 0 Å². The van der Waals surface area contributed by atoms with Gasteiger partial charge in [0.05, 0.1) is 11.1 Å². The van der Waals surface area contributed by atoms with Gasteiger partial charge in [-0.1, -0.05) is 12.1 Å². The van der Waals surface area contributed by atoms with Gasteiger partial charge in [0, 0.05) is 11.1 Å². The average molecular weight is 406 g/mol. The Morgan fingerprint density at radius 2 is 1.00 bits per heavy atom. The number of carbonyl (C=O) groups is 2. The van der Waals surface area contributed by atoms with Crippen molar-refractivity contribution in [3.63, 3.8) is 0 Å². The van der Waals surface area contributed by atoms with Gasteiger partial charge in [-0.3, -0.25) is 20.4 Å². The molecule has 0 saturated carbocycles. The molecule has 2 aromatic rings. The summed E-state index contributed by atoms with van der Waals surface area (Å²) in [6.45, 7) is 0. The van der Waals surface area contributed by atoms with Crippen molar-refractivity contribution >= 4 is 11.8 Å². The van der Waals surface area contributed by atoms with E-state index in [4.69, 9.17) is 11.7 Å². The first-order valence-electron chi connectivity index (χ1n) is 7.35. The van der Waals surface area contributed by atoms with Crippen molar-refractivity contribution in [3.05, 3.63) is 58.7 Å². The molecular weight excluding hydrogens is 394 g/mol. The van der Waals surface area contributed by atoms with Crippen LogP contribution in [0, 0.1) is 0 Å². The summed E-state index contributed by atoms with van der Waals surface area (Å²) in [4.78, 5) is 23.0. The van der Waals surface area contributed by atoms with Crippen molar-refractivity contribution in [2.45, 2.75) is 12.4 Å². The molecule has 6 nitrogen and oxygen atoms in total. The minimum atomic E-state index is -5.07. The number of rotatable bonds is 3. The van der Waals surface area contributed by atoms with E-state index >= 15 is 0 Å². The number of halogens is 6. The maximum absolute atomic E-state index is 13.4. The fourth-order valence-electron chi connectivity index (χ4n) is 2.48. The Kier molecular flexibility index (Phi) is 5.66. The zero-order valence-electron chi connectivity index (χ0n) is 13.7. The fourth-order valence-corrected chi connectivity index (χ4v) is 2.48. The van der Waals surface area contributed by atoms with Crippen LogP contribution in [-0.2, 0) is 12.4 Å². The van der Waals surface area contributed by atoms with Crippen LogP contribution in [0.5, 0.6) is 0 Å². The Labute approximate surface area is 153 Å². The van der Waals surface area contributed by atoms with E-state index < -0.39 is 57.5 Å². The molecule has 0 unspecified atom stereocenters. The van der Waals surface area contributed by atoms with Gasteiger partial charge in [-0.05, 0) is 35.4 Å². The molecule has 2 rings (SSSR count). The molecule has 0 atom stereocenters. The predicted molar refractivity (Wildman–Crippen MR) is 85.2 cm³/mol. The van der Waals surface area contributed by atoms with Gasteiger partial charge in [0.1, 0.15) is 0 Å². The van der Waals surface area contributed by atoms with Gasteiger partial charge in [0.25, 0.3) is 11.8 Å². The first kappa shape index (κ1) is 21.2. The number of amides is 2. The molecule has 0 saturated heterocycles. The number of hydrogen-bond acceptors (Lipinski definition) is 4. The summed E-state index contributed by atoms with van der Waals surface area (Å²) >= 11 is 0. The predicted octanol–water partition coefficient (Wildman–Crippen LogP) is 2.60. The summed E-state index contributed by atoms with van der Waals surface area (Å²) in [5.74, 6) is 7.64. The second kappa shape index (κ2) is 7.48. The van der Waals surface area contributed by atoms with Crippen molar-refractivity contribution in [2.24, 2.45) is 11.7 Å². The minimum Gasteiger partial charge on any atom is -0.290 e. The maximum atomic E-state index is 13.4. The lowest BCUT2D eigenvalue weighted by Crippen LogP contribution is -2.30. The van der Waals surface area contributed by atoms with Gasteiger partial charge in [0.2, 0.25) is 0 Å². The Bertz CT molecular complexity index is 849. The standard InChI is InChI=1S/C16H12F6N4O2/c17-15(18,19)11-5-7(13(27)25-23)1-3-9(11)10-4-2-8(14(28)26-24)6-12(10)16(20,21)22/h1-6H,23-24H2,(H,25,27)(H,26,28). The molecule has 0 aliphatic rings. The number of alkyl halides is 6. The largest absolute Gasteiger partial charge is 0.417 e. The third-order valence-electron chi connectivity index (χ3n) is 3.73. The van der Waals surface area contributed by atoms with Crippen molar-refractivity contribution in [3.8, 4) is 11.1 Å². The number of hydrogen-bond donors (Lipinski definition) is 4. The van der Waals surface area contributed by atoms with Gasteiger partial charge in [-0.2, -0.15) is 26.3 Å². The van der Waals surface area contributed by atoms with Crippen LogP contribution in [0.4, 0.5) is 26.3 Å². The van der Waals surface area contributed by atoms with Crippen molar-refractivity contribution in [1.82, 2.24) is 10.9 Å². The molecule has 28 heavy (non-hydrogen) atoms. The molecule has 0 spiro atoms. The summed E-state index contributed by atoms with van der Waals surface area (Å²) in [6.07, 6.45) is -10.1. The zero-order chi connectivity index (χ0) is 21.3. The molecule has 0 radical (unpaired) electrons. The first-order valence-corrected chi connectivity index (χ1v) is 7.35. The van der Waals surface area contributed by atoms with Crippen LogP contribution in [0.15, 0.2) is 36.4 Å². The molecule has 12 heteroatoms. The molecule has 0 bridgehead atoms. The van der Waals surface area contributed by atoms with Crippen LogP contribution in [0.3, 0.4) is 0 Å². The summed E-state index contributed by atoms with van der Waals surface area (Å²) < 4.78 is 80.7. The van der Waals surface area contributed by atoms with Crippen LogP contribution >= 0.6 is 0 Å². The molecule has 0 aromatic heterocycles. The van der Waals surface area contributed by atoms with Crippen molar-refractivity contribution < 1.29 is 35.9 Å². The Balaban J connectivity index is 2.79. The highest BCUT2D eigenvalue weighted by Gasteiger charge is 2.39. The molecule has 0 aliphatic heterocycles. The van der Waals surface area contributed by atoms with Crippen molar-refractivity contribution in [2.75, 3.05) is 0 Å². The lowest BCUT2D eigenvalue weighted by molar-refractivity contribution is -0.139. The lowest BCUT2D eigenvalue weighted by Gasteiger charge is -2.19. The zero-order valence-corrected chi connectivity index (χ0v) is 13.7. The second-order valence-corrected chi connectivity index (χ2v) is 5.46. The SMILES string of the molecule is NNC(=O)c1ccc(-c2ccc(C(=O)NN)cc2C(F)(F)F)c(C(F)(F)F)c1. The number of carbonyl (C=O) groups excluding carboxylic acids is 2. The lowest BCUT2D eigenvalue weighted by atomic mass is 9.92. The highest BCUT2D eigenvalue weighted by atomic mass is 19.4. The van der Waals surface area contributed by atoms with E-state index in [1.54, 1.807) is 10.9 Å². The molecule has 2 aromatic carbocycles. The third-order valence-corrected chi connectivity index (χ3v) is 3.73. The van der Waals surface area contributed by atoms with Crippen LogP contribution in [-0.4, -0.2) is 11.8 Å². The Morgan fingerprint density at radius 3 is 1.25 bits per heavy atom. The fraction of sp³-hybridized carbons (Fsp3) is 0.125. The van der Waals surface area contributed by atoms with Crippen LogP contribution in [0.25, 0.3) is 11.1 Å². The average Bonchev–Trinajstić information content (AvgIpc) is 2.64. The number of nitrogens with two attached hydrogens (primary N) is 2.